The molecule has 0 radical (unpaired) electrons. The van der Waals surface area contributed by atoms with Crippen LogP contribution in [0.1, 0.15) is 24.3 Å². The molecule has 3 heterocycles. The summed E-state index contributed by atoms with van der Waals surface area (Å²) in [5.74, 6) is 1.48. The van der Waals surface area contributed by atoms with Gasteiger partial charge in [0.15, 0.2) is 0 Å². The minimum absolute atomic E-state index is 0.109. The molecule has 1 N–H and O–H groups in total. The average molecular weight is 392 g/mol. The lowest BCUT2D eigenvalue weighted by molar-refractivity contribution is -0.132. The quantitative estimate of drug-likeness (QED) is 0.864. The smallest absolute Gasteiger partial charge is 0.236 e. The number of fused-ring (bicyclic) bond motifs is 1. The van der Waals surface area contributed by atoms with Gasteiger partial charge in [-0.15, -0.1) is 0 Å². The topological polar surface area (TPSA) is 74.8 Å². The zero-order valence-corrected chi connectivity index (χ0v) is 16.2. The highest BCUT2D eigenvalue weighted by Crippen LogP contribution is 2.34. The van der Waals surface area contributed by atoms with Crippen molar-refractivity contribution in [1.29, 1.82) is 0 Å². The Labute approximate surface area is 169 Å². The third-order valence-corrected chi connectivity index (χ3v) is 5.90. The van der Waals surface area contributed by atoms with E-state index in [4.69, 9.17) is 4.74 Å². The van der Waals surface area contributed by atoms with E-state index in [1.807, 2.05) is 41.3 Å². The molecule has 3 aliphatic rings. The zero-order chi connectivity index (χ0) is 19.8. The Morgan fingerprint density at radius 1 is 1.03 bits per heavy atom. The van der Waals surface area contributed by atoms with Crippen LogP contribution in [0.3, 0.4) is 0 Å². The molecule has 1 atom stereocenters. The first-order valence-corrected chi connectivity index (χ1v) is 10.2. The number of nitrogens with one attached hydrogen (secondary N) is 1. The first-order valence-electron chi connectivity index (χ1n) is 10.2. The molecule has 2 fully saturated rings. The molecule has 1 saturated carbocycles. The monoisotopic (exact) mass is 392 g/mol. The van der Waals surface area contributed by atoms with Crippen LogP contribution in [-0.2, 0) is 9.59 Å². The van der Waals surface area contributed by atoms with Crippen LogP contribution in [-0.4, -0.2) is 54.5 Å². The number of nitrogens with zero attached hydrogens (tertiary/aromatic N) is 3. The number of ether oxygens (including phenoxy) is 1. The van der Waals surface area contributed by atoms with Gasteiger partial charge in [-0.25, -0.2) is 4.98 Å². The summed E-state index contributed by atoms with van der Waals surface area (Å²) in [5.41, 5.74) is 1.93. The fourth-order valence-electron chi connectivity index (χ4n) is 4.01. The van der Waals surface area contributed by atoms with Gasteiger partial charge in [0.25, 0.3) is 0 Å². The van der Waals surface area contributed by atoms with Gasteiger partial charge in [-0.05, 0) is 31.0 Å². The number of pyridine rings is 1. The van der Waals surface area contributed by atoms with Crippen molar-refractivity contribution in [2.75, 3.05) is 43.0 Å². The van der Waals surface area contributed by atoms with E-state index in [9.17, 15) is 9.59 Å². The molecule has 29 heavy (non-hydrogen) atoms. The van der Waals surface area contributed by atoms with Gasteiger partial charge in [-0.2, -0.15) is 0 Å². The molecule has 5 rings (SSSR count). The van der Waals surface area contributed by atoms with Gasteiger partial charge in [0.2, 0.25) is 11.8 Å². The van der Waals surface area contributed by atoms with Crippen molar-refractivity contribution in [3.8, 4) is 5.75 Å². The predicted octanol–water partition coefficient (Wildman–Crippen LogP) is 2.25. The van der Waals surface area contributed by atoms with Crippen molar-refractivity contribution >= 4 is 23.3 Å². The van der Waals surface area contributed by atoms with E-state index in [2.05, 4.69) is 15.2 Å². The van der Waals surface area contributed by atoms with Gasteiger partial charge in [-0.3, -0.25) is 9.59 Å². The maximum Gasteiger partial charge on any atom is 0.236 e. The zero-order valence-electron chi connectivity index (χ0n) is 16.2. The normalized spacial score (nSPS) is 20.8. The lowest BCUT2D eigenvalue weighted by Crippen LogP contribution is -2.49. The van der Waals surface area contributed by atoms with Crippen molar-refractivity contribution in [1.82, 2.24) is 9.88 Å². The summed E-state index contributed by atoms with van der Waals surface area (Å²) in [6, 6.07) is 11.4. The summed E-state index contributed by atoms with van der Waals surface area (Å²) in [5, 5.41) is 2.89. The highest BCUT2D eigenvalue weighted by Gasteiger charge is 2.34. The number of para-hydroxylation sites is 1. The van der Waals surface area contributed by atoms with E-state index >= 15 is 0 Å². The predicted molar refractivity (Wildman–Crippen MR) is 109 cm³/mol. The Hall–Kier alpha value is -3.09. The third kappa shape index (κ3) is 3.64. The summed E-state index contributed by atoms with van der Waals surface area (Å²) in [7, 11) is 0. The van der Waals surface area contributed by atoms with Gasteiger partial charge in [0, 0.05) is 37.7 Å². The molecule has 0 spiro atoms. The number of piperazine rings is 1. The Bertz CT molecular complexity index is 918. The van der Waals surface area contributed by atoms with E-state index in [1.54, 1.807) is 6.20 Å². The van der Waals surface area contributed by atoms with E-state index in [0.29, 0.717) is 18.3 Å². The second-order valence-electron chi connectivity index (χ2n) is 7.88. The maximum absolute atomic E-state index is 12.6. The van der Waals surface area contributed by atoms with Crippen molar-refractivity contribution in [3.63, 3.8) is 0 Å². The van der Waals surface area contributed by atoms with Gasteiger partial charge in [-0.1, -0.05) is 18.2 Å². The molecule has 2 aliphatic heterocycles. The highest BCUT2D eigenvalue weighted by atomic mass is 16.5. The number of amides is 2. The molecule has 1 aliphatic carbocycles. The molecule has 1 aromatic carbocycles. The van der Waals surface area contributed by atoms with Crippen LogP contribution >= 0.6 is 0 Å². The molecule has 1 saturated heterocycles. The molecule has 1 unspecified atom stereocenters. The number of rotatable bonds is 4. The Morgan fingerprint density at radius 2 is 1.83 bits per heavy atom. The van der Waals surface area contributed by atoms with Crippen LogP contribution in [0.5, 0.6) is 5.75 Å². The second kappa shape index (κ2) is 7.39. The summed E-state index contributed by atoms with van der Waals surface area (Å²) in [4.78, 5) is 33.5. The van der Waals surface area contributed by atoms with E-state index in [1.165, 1.54) is 0 Å². The molecule has 1 aromatic heterocycles. The van der Waals surface area contributed by atoms with Gasteiger partial charge >= 0.3 is 0 Å². The molecule has 2 amide bonds. The lowest BCUT2D eigenvalue weighted by Gasteiger charge is -2.36. The lowest BCUT2D eigenvalue weighted by atomic mass is 10.0. The van der Waals surface area contributed by atoms with Gasteiger partial charge in [0.1, 0.15) is 24.1 Å². The Kier molecular flexibility index (Phi) is 4.58. The maximum atomic E-state index is 12.6. The first-order chi connectivity index (χ1) is 14.2. The Balaban J connectivity index is 1.18. The number of anilines is 2. The fourth-order valence-corrected chi connectivity index (χ4v) is 4.01. The standard InChI is InChI=1S/C22H24N4O3/c27-21(18-14-29-19-4-2-1-3-17(18)19)24-20-8-7-16(13-23-20)25-9-11-26(12-10-25)22(28)15-5-6-15/h1-4,7-8,13,15,18H,5-6,9-12,14H2,(H,23,24,27). The molecular weight excluding hydrogens is 368 g/mol. The van der Waals surface area contributed by atoms with Crippen LogP contribution in [0.4, 0.5) is 11.5 Å². The van der Waals surface area contributed by atoms with Crippen molar-refractivity contribution in [2.24, 2.45) is 5.92 Å². The second-order valence-corrected chi connectivity index (χ2v) is 7.88. The molecule has 7 nitrogen and oxygen atoms in total. The van der Waals surface area contributed by atoms with Crippen LogP contribution in [0.2, 0.25) is 0 Å². The van der Waals surface area contributed by atoms with Crippen LogP contribution in [0, 0.1) is 5.92 Å². The Morgan fingerprint density at radius 3 is 2.55 bits per heavy atom. The van der Waals surface area contributed by atoms with Crippen LogP contribution in [0.15, 0.2) is 42.6 Å². The fraction of sp³-hybridized carbons (Fsp3) is 0.409. The van der Waals surface area contributed by atoms with E-state index in [0.717, 1.165) is 56.0 Å². The third-order valence-electron chi connectivity index (χ3n) is 5.90. The molecular formula is C22H24N4O3. The largest absolute Gasteiger partial charge is 0.492 e. The first kappa shape index (κ1) is 18.0. The summed E-state index contributed by atoms with van der Waals surface area (Å²) < 4.78 is 5.60. The number of carbonyl (C=O) groups excluding carboxylic acids is 2. The van der Waals surface area contributed by atoms with Gasteiger partial charge < -0.3 is 19.9 Å². The van der Waals surface area contributed by atoms with E-state index in [-0.39, 0.29) is 17.7 Å². The number of hydrogen-bond donors (Lipinski definition) is 1. The summed E-state index contributed by atoms with van der Waals surface area (Å²) >= 11 is 0. The van der Waals surface area contributed by atoms with Crippen molar-refractivity contribution in [3.05, 3.63) is 48.2 Å². The molecule has 0 bridgehead atoms. The van der Waals surface area contributed by atoms with Crippen LogP contribution in [0.25, 0.3) is 0 Å². The molecule has 2 aromatic rings. The van der Waals surface area contributed by atoms with Crippen molar-refractivity contribution < 1.29 is 14.3 Å². The molecule has 150 valence electrons. The molecule has 7 heteroatoms. The number of aromatic nitrogens is 1. The highest BCUT2D eigenvalue weighted by molar-refractivity contribution is 5.96. The van der Waals surface area contributed by atoms with Crippen LogP contribution < -0.4 is 15.0 Å². The number of carbonyl (C=O) groups is 2. The number of hydrogen-bond acceptors (Lipinski definition) is 5. The summed E-state index contributed by atoms with van der Waals surface area (Å²) in [6.45, 7) is 3.49. The average Bonchev–Trinajstić information content (AvgIpc) is 3.52. The minimum atomic E-state index is -0.315. The van der Waals surface area contributed by atoms with Gasteiger partial charge in [0.05, 0.1) is 11.9 Å². The number of benzene rings is 1. The summed E-state index contributed by atoms with van der Waals surface area (Å²) in [6.07, 6.45) is 3.89. The minimum Gasteiger partial charge on any atom is -0.492 e. The van der Waals surface area contributed by atoms with E-state index < -0.39 is 0 Å². The van der Waals surface area contributed by atoms with Crippen molar-refractivity contribution in [2.45, 2.75) is 18.8 Å². The SMILES string of the molecule is O=C(Nc1ccc(N2CCN(C(=O)C3CC3)CC2)cn1)C1COc2ccccc21.